The Morgan fingerprint density at radius 1 is 1.64 bits per heavy atom. The molecule has 1 aromatic carbocycles. The molecule has 0 bridgehead atoms. The zero-order valence-electron chi connectivity index (χ0n) is 7.37. The summed E-state index contributed by atoms with van der Waals surface area (Å²) in [6.45, 7) is 0. The molecule has 0 heterocycles. The third-order valence-electron chi connectivity index (χ3n) is 1.55. The molecule has 0 saturated carbocycles. The van der Waals surface area contributed by atoms with E-state index in [0.717, 1.165) is 0 Å². The number of rotatable bonds is 3. The summed E-state index contributed by atoms with van der Waals surface area (Å²) in [4.78, 5) is 15.4. The molecule has 0 aromatic heterocycles. The van der Waals surface area contributed by atoms with Gasteiger partial charge in [0.15, 0.2) is 0 Å². The molecule has 0 radical (unpaired) electrons. The fraction of sp³-hybridized carbons (Fsp3) is 0.125. The molecule has 6 heteroatoms. The van der Waals surface area contributed by atoms with Crippen molar-refractivity contribution in [3.63, 3.8) is 0 Å². The van der Waals surface area contributed by atoms with E-state index in [4.69, 9.17) is 17.3 Å². The van der Waals surface area contributed by atoms with Crippen molar-refractivity contribution in [1.82, 2.24) is 0 Å². The molecule has 0 aliphatic carbocycles. The third-order valence-corrected chi connectivity index (χ3v) is 1.95. The van der Waals surface area contributed by atoms with Crippen molar-refractivity contribution in [3.8, 4) is 5.75 Å². The molecule has 0 saturated heterocycles. The summed E-state index contributed by atoms with van der Waals surface area (Å²) in [7, 11) is 1.38. The summed E-state index contributed by atoms with van der Waals surface area (Å²) in [6, 6.07) is 2.57. The summed E-state index contributed by atoms with van der Waals surface area (Å²) in [5.41, 5.74) is 7.87. The maximum atomic E-state index is 10.8. The van der Waals surface area contributed by atoms with E-state index in [1.807, 2.05) is 0 Å². The van der Waals surface area contributed by atoms with Gasteiger partial charge in [0, 0.05) is 5.56 Å². The summed E-state index contributed by atoms with van der Waals surface area (Å²) in [6.07, 6.45) is 0. The summed E-state index contributed by atoms with van der Waals surface area (Å²) < 4.78 is 0. The van der Waals surface area contributed by atoms with Gasteiger partial charge in [0.05, 0.1) is 12.8 Å². The van der Waals surface area contributed by atoms with Gasteiger partial charge in [-0.15, -0.1) is 0 Å². The van der Waals surface area contributed by atoms with E-state index < -0.39 is 5.91 Å². The first kappa shape index (κ1) is 10.6. The van der Waals surface area contributed by atoms with Crippen molar-refractivity contribution in [1.29, 1.82) is 0 Å². The van der Waals surface area contributed by atoms with Gasteiger partial charge in [-0.05, 0) is 12.1 Å². The van der Waals surface area contributed by atoms with Gasteiger partial charge >= 0.3 is 0 Å². The molecule has 14 heavy (non-hydrogen) atoms. The average Bonchev–Trinajstić information content (AvgIpc) is 2.12. The summed E-state index contributed by atoms with van der Waals surface area (Å²) >= 11 is 5.70. The molecule has 0 atom stereocenters. The smallest absolute Gasteiger partial charge is 0.248 e. The van der Waals surface area contributed by atoms with Crippen LogP contribution in [0, 0.1) is 0 Å². The Hall–Kier alpha value is -1.46. The van der Waals surface area contributed by atoms with Crippen molar-refractivity contribution in [2.24, 2.45) is 5.73 Å². The van der Waals surface area contributed by atoms with E-state index in [0.29, 0.717) is 0 Å². The van der Waals surface area contributed by atoms with Crippen LogP contribution in [0.4, 0.5) is 5.69 Å². The van der Waals surface area contributed by atoms with Crippen LogP contribution in [0.3, 0.4) is 0 Å². The highest BCUT2D eigenvalue weighted by atomic mass is 35.5. The number of amides is 1. The Kier molecular flexibility index (Phi) is 3.16. The van der Waals surface area contributed by atoms with E-state index in [2.05, 4.69) is 10.3 Å². The molecule has 76 valence electrons. The highest BCUT2D eigenvalue weighted by molar-refractivity contribution is 6.34. The van der Waals surface area contributed by atoms with Gasteiger partial charge < -0.3 is 10.8 Å². The number of nitrogens with one attached hydrogen (secondary N) is 1. The lowest BCUT2D eigenvalue weighted by Gasteiger charge is -2.08. The van der Waals surface area contributed by atoms with Gasteiger partial charge in [-0.3, -0.25) is 15.1 Å². The van der Waals surface area contributed by atoms with Crippen LogP contribution in [0.2, 0.25) is 5.02 Å². The van der Waals surface area contributed by atoms with Crippen LogP contribution in [0.5, 0.6) is 5.75 Å². The molecule has 0 aliphatic heterocycles. The molecule has 0 aliphatic rings. The minimum atomic E-state index is -0.656. The average molecular weight is 217 g/mol. The number of carbonyl (C=O) groups excluding carboxylic acids is 1. The molecular formula is C8H9ClN2O3. The number of phenolic OH excluding ortho intramolecular Hbond substituents is 1. The van der Waals surface area contributed by atoms with Gasteiger partial charge in [-0.1, -0.05) is 11.6 Å². The minimum Gasteiger partial charge on any atom is -0.506 e. The van der Waals surface area contributed by atoms with Gasteiger partial charge in [0.1, 0.15) is 10.8 Å². The van der Waals surface area contributed by atoms with E-state index >= 15 is 0 Å². The van der Waals surface area contributed by atoms with Crippen molar-refractivity contribution < 1.29 is 14.7 Å². The zero-order chi connectivity index (χ0) is 10.7. The molecule has 1 rings (SSSR count). The molecule has 0 unspecified atom stereocenters. The number of hydrogen-bond acceptors (Lipinski definition) is 4. The van der Waals surface area contributed by atoms with Crippen LogP contribution in [-0.4, -0.2) is 18.1 Å². The SMILES string of the molecule is CONc1cc(C(N)=O)cc(O)c1Cl. The monoisotopic (exact) mass is 216 g/mol. The third kappa shape index (κ3) is 2.07. The van der Waals surface area contributed by atoms with E-state index in [1.165, 1.54) is 19.2 Å². The number of halogens is 1. The quantitative estimate of drug-likeness (QED) is 0.661. The number of phenols is 1. The van der Waals surface area contributed by atoms with Crippen LogP contribution in [-0.2, 0) is 4.84 Å². The maximum Gasteiger partial charge on any atom is 0.248 e. The summed E-state index contributed by atoms with van der Waals surface area (Å²) in [5, 5.41) is 9.39. The van der Waals surface area contributed by atoms with Crippen LogP contribution in [0.15, 0.2) is 12.1 Å². The Morgan fingerprint density at radius 3 is 2.79 bits per heavy atom. The largest absolute Gasteiger partial charge is 0.506 e. The number of benzene rings is 1. The fourth-order valence-corrected chi connectivity index (χ4v) is 1.08. The van der Waals surface area contributed by atoms with Crippen LogP contribution in [0.1, 0.15) is 10.4 Å². The van der Waals surface area contributed by atoms with E-state index in [1.54, 1.807) is 0 Å². The Balaban J connectivity index is 3.20. The second-order valence-electron chi connectivity index (χ2n) is 2.53. The van der Waals surface area contributed by atoms with E-state index in [9.17, 15) is 9.90 Å². The lowest BCUT2D eigenvalue weighted by atomic mass is 10.2. The van der Waals surface area contributed by atoms with Gasteiger partial charge in [-0.2, -0.15) is 0 Å². The van der Waals surface area contributed by atoms with E-state index in [-0.39, 0.29) is 22.0 Å². The number of hydrogen-bond donors (Lipinski definition) is 3. The Bertz CT molecular complexity index is 368. The molecule has 4 N–H and O–H groups in total. The number of carbonyl (C=O) groups is 1. The van der Waals surface area contributed by atoms with Crippen molar-refractivity contribution in [2.45, 2.75) is 0 Å². The Labute approximate surface area is 85.4 Å². The standard InChI is InChI=1S/C8H9ClN2O3/c1-14-11-5-2-4(8(10)13)3-6(12)7(5)9/h2-3,11-12H,1H3,(H2,10,13). The number of anilines is 1. The lowest BCUT2D eigenvalue weighted by Crippen LogP contribution is -2.11. The molecular weight excluding hydrogens is 208 g/mol. The van der Waals surface area contributed by atoms with Crippen LogP contribution < -0.4 is 11.2 Å². The Morgan fingerprint density at radius 2 is 2.29 bits per heavy atom. The first-order valence-electron chi connectivity index (χ1n) is 3.67. The molecule has 5 nitrogen and oxygen atoms in total. The first-order chi connectivity index (χ1) is 6.56. The second-order valence-corrected chi connectivity index (χ2v) is 2.91. The molecule has 1 aromatic rings. The predicted octanol–water partition coefficient (Wildman–Crippen LogP) is 1.12. The zero-order valence-corrected chi connectivity index (χ0v) is 8.13. The fourth-order valence-electron chi connectivity index (χ4n) is 0.936. The predicted molar refractivity (Wildman–Crippen MR) is 52.3 cm³/mol. The lowest BCUT2D eigenvalue weighted by molar-refractivity contribution is 0.1000. The normalized spacial score (nSPS) is 9.86. The first-order valence-corrected chi connectivity index (χ1v) is 4.05. The van der Waals surface area contributed by atoms with Crippen molar-refractivity contribution in [2.75, 3.05) is 12.6 Å². The topological polar surface area (TPSA) is 84.6 Å². The minimum absolute atomic E-state index is 0.0665. The van der Waals surface area contributed by atoms with Gasteiger partial charge in [0.25, 0.3) is 0 Å². The second kappa shape index (κ2) is 4.17. The number of primary amides is 1. The molecule has 1 amide bonds. The van der Waals surface area contributed by atoms with Crippen molar-refractivity contribution >= 4 is 23.2 Å². The number of nitrogens with two attached hydrogens (primary N) is 1. The van der Waals surface area contributed by atoms with Gasteiger partial charge in [-0.25, -0.2) is 0 Å². The molecule has 0 spiro atoms. The van der Waals surface area contributed by atoms with Gasteiger partial charge in [0.2, 0.25) is 5.91 Å². The summed E-state index contributed by atoms with van der Waals surface area (Å²) in [5.74, 6) is -0.890. The highest BCUT2D eigenvalue weighted by Gasteiger charge is 2.10. The van der Waals surface area contributed by atoms with Crippen LogP contribution >= 0.6 is 11.6 Å². The number of aromatic hydroxyl groups is 1. The van der Waals surface area contributed by atoms with Crippen molar-refractivity contribution in [3.05, 3.63) is 22.7 Å². The van der Waals surface area contributed by atoms with Crippen LogP contribution in [0.25, 0.3) is 0 Å². The molecule has 0 fully saturated rings. The highest BCUT2D eigenvalue weighted by Crippen LogP contribution is 2.32. The maximum absolute atomic E-state index is 10.8.